The summed E-state index contributed by atoms with van der Waals surface area (Å²) in [7, 11) is 0. The highest BCUT2D eigenvalue weighted by atomic mass is 32.2. The Balaban J connectivity index is 1.18. The summed E-state index contributed by atoms with van der Waals surface area (Å²) in [5.41, 5.74) is 6.60. The van der Waals surface area contributed by atoms with Gasteiger partial charge in [-0.2, -0.15) is 0 Å². The van der Waals surface area contributed by atoms with Gasteiger partial charge in [0.05, 0.1) is 24.2 Å². The number of benzene rings is 4. The first kappa shape index (κ1) is 25.0. The summed E-state index contributed by atoms with van der Waals surface area (Å²) < 4.78 is 1.75. The Kier molecular flexibility index (Phi) is 7.03. The second-order valence-corrected chi connectivity index (χ2v) is 9.96. The maximum absolute atomic E-state index is 12.7. The van der Waals surface area contributed by atoms with E-state index in [2.05, 4.69) is 25.1 Å². The molecule has 7 nitrogen and oxygen atoms in total. The van der Waals surface area contributed by atoms with E-state index in [0.29, 0.717) is 16.6 Å². The Hall–Kier alpha value is -5.26. The standard InChI is InChI=1S/C32H22N6OS/c1-33-30-29(26-16-14-24(15-17-26)23-8-4-2-5-9-23)34-32(35-31(30)39)40-21-22-12-18-27(19-13-22)38-20-28(36-37-38)25-10-6-3-7-11-25/h2-20H,21H2,(H,34,35,39). The number of nitrogens with one attached hydrogen (secondary N) is 1. The van der Waals surface area contributed by atoms with Gasteiger partial charge in [0.2, 0.25) is 0 Å². The molecule has 1 N–H and O–H groups in total. The first-order valence-corrected chi connectivity index (χ1v) is 13.5. The normalized spacial score (nSPS) is 10.8. The monoisotopic (exact) mass is 538 g/mol. The summed E-state index contributed by atoms with van der Waals surface area (Å²) >= 11 is 1.41. The van der Waals surface area contributed by atoms with Crippen molar-refractivity contribution in [2.75, 3.05) is 0 Å². The zero-order valence-electron chi connectivity index (χ0n) is 21.2. The van der Waals surface area contributed by atoms with Crippen LogP contribution in [-0.4, -0.2) is 25.0 Å². The average molecular weight is 539 g/mol. The van der Waals surface area contributed by atoms with Crippen LogP contribution < -0.4 is 5.56 Å². The van der Waals surface area contributed by atoms with Gasteiger partial charge in [0, 0.05) is 11.3 Å². The van der Waals surface area contributed by atoms with E-state index >= 15 is 0 Å². The summed E-state index contributed by atoms with van der Waals surface area (Å²) in [5.74, 6) is 0.597. The van der Waals surface area contributed by atoms with Crippen LogP contribution in [0.2, 0.25) is 0 Å². The van der Waals surface area contributed by atoms with Crippen molar-refractivity contribution in [3.8, 4) is 39.3 Å². The fraction of sp³-hybridized carbons (Fsp3) is 0.0312. The molecule has 40 heavy (non-hydrogen) atoms. The van der Waals surface area contributed by atoms with Crippen molar-refractivity contribution in [3.63, 3.8) is 0 Å². The van der Waals surface area contributed by atoms with E-state index in [1.54, 1.807) is 4.68 Å². The molecule has 0 amide bonds. The van der Waals surface area contributed by atoms with E-state index in [0.717, 1.165) is 39.2 Å². The van der Waals surface area contributed by atoms with Crippen LogP contribution in [0.3, 0.4) is 0 Å². The summed E-state index contributed by atoms with van der Waals surface area (Å²) in [5, 5.41) is 9.01. The number of H-pyrrole nitrogens is 1. The van der Waals surface area contributed by atoms with Crippen LogP contribution in [0.25, 0.3) is 44.2 Å². The molecule has 192 valence electrons. The first-order chi connectivity index (χ1) is 19.7. The Morgan fingerprint density at radius 3 is 2.08 bits per heavy atom. The third kappa shape index (κ3) is 5.32. The number of nitrogens with zero attached hydrogens (tertiary/aromatic N) is 5. The number of aromatic nitrogens is 5. The van der Waals surface area contributed by atoms with Gasteiger partial charge in [0.25, 0.3) is 11.2 Å². The predicted molar refractivity (Wildman–Crippen MR) is 158 cm³/mol. The fourth-order valence-corrected chi connectivity index (χ4v) is 5.12. The van der Waals surface area contributed by atoms with E-state index in [1.807, 2.05) is 115 Å². The topological polar surface area (TPSA) is 80.8 Å². The molecule has 2 heterocycles. The van der Waals surface area contributed by atoms with Crippen molar-refractivity contribution in [1.29, 1.82) is 0 Å². The lowest BCUT2D eigenvalue weighted by Crippen LogP contribution is -2.09. The second kappa shape index (κ2) is 11.2. The summed E-state index contributed by atoms with van der Waals surface area (Å²) in [4.78, 5) is 23.6. The molecule has 0 saturated carbocycles. The maximum atomic E-state index is 12.7. The molecule has 0 aliphatic carbocycles. The van der Waals surface area contributed by atoms with Gasteiger partial charge in [0.1, 0.15) is 5.69 Å². The van der Waals surface area contributed by atoms with Crippen LogP contribution in [0.1, 0.15) is 5.56 Å². The molecule has 0 aliphatic heterocycles. The number of rotatable bonds is 7. The second-order valence-electron chi connectivity index (χ2n) is 8.99. The molecule has 0 saturated heterocycles. The third-order valence-corrected chi connectivity index (χ3v) is 7.33. The zero-order chi connectivity index (χ0) is 27.3. The molecule has 6 rings (SSSR count). The van der Waals surface area contributed by atoms with Crippen molar-refractivity contribution in [1.82, 2.24) is 25.0 Å². The Morgan fingerprint density at radius 2 is 1.40 bits per heavy atom. The van der Waals surface area contributed by atoms with Crippen LogP contribution in [0.5, 0.6) is 0 Å². The van der Waals surface area contributed by atoms with E-state index in [1.165, 1.54) is 11.8 Å². The zero-order valence-corrected chi connectivity index (χ0v) is 22.0. The predicted octanol–water partition coefficient (Wildman–Crippen LogP) is 7.19. The van der Waals surface area contributed by atoms with Gasteiger partial charge in [-0.25, -0.2) is 14.5 Å². The highest BCUT2D eigenvalue weighted by Gasteiger charge is 2.15. The minimum Gasteiger partial charge on any atom is -0.311 e. The van der Waals surface area contributed by atoms with Gasteiger partial charge >= 0.3 is 0 Å². The van der Waals surface area contributed by atoms with Crippen molar-refractivity contribution in [3.05, 3.63) is 143 Å². The lowest BCUT2D eigenvalue weighted by atomic mass is 10.0. The summed E-state index contributed by atoms with van der Waals surface area (Å²) in [6, 6.07) is 35.7. The minimum absolute atomic E-state index is 0.0103. The SMILES string of the molecule is [C-]#[N+]c1c(-c2ccc(-c3ccccc3)cc2)nc(SCc2ccc(-n3cc(-c4ccccc4)nn3)cc2)[nH]c1=O. The Labute approximate surface area is 235 Å². The molecule has 8 heteroatoms. The maximum Gasteiger partial charge on any atom is 0.276 e. The smallest absolute Gasteiger partial charge is 0.276 e. The Morgan fingerprint density at radius 1 is 0.775 bits per heavy atom. The molecule has 0 atom stereocenters. The van der Waals surface area contributed by atoms with Crippen LogP contribution >= 0.6 is 11.8 Å². The van der Waals surface area contributed by atoms with E-state index < -0.39 is 5.56 Å². The van der Waals surface area contributed by atoms with Gasteiger partial charge in [-0.05, 0) is 34.4 Å². The van der Waals surface area contributed by atoms with Crippen LogP contribution in [0, 0.1) is 6.57 Å². The first-order valence-electron chi connectivity index (χ1n) is 12.6. The van der Waals surface area contributed by atoms with E-state index in [-0.39, 0.29) is 5.69 Å². The molecule has 0 radical (unpaired) electrons. The van der Waals surface area contributed by atoms with Gasteiger partial charge in [-0.15, -0.1) is 5.10 Å². The van der Waals surface area contributed by atoms with Crippen molar-refractivity contribution < 1.29 is 0 Å². The van der Waals surface area contributed by atoms with Gasteiger partial charge < -0.3 is 4.98 Å². The van der Waals surface area contributed by atoms with E-state index in [4.69, 9.17) is 6.57 Å². The van der Waals surface area contributed by atoms with Crippen molar-refractivity contribution >= 4 is 17.4 Å². The lowest BCUT2D eigenvalue weighted by Gasteiger charge is -2.09. The largest absolute Gasteiger partial charge is 0.311 e. The summed E-state index contributed by atoms with van der Waals surface area (Å²) in [6.45, 7) is 7.55. The van der Waals surface area contributed by atoms with Gasteiger partial charge in [-0.3, -0.25) is 4.79 Å². The lowest BCUT2D eigenvalue weighted by molar-refractivity contribution is 0.803. The molecule has 6 aromatic rings. The third-order valence-electron chi connectivity index (χ3n) is 6.39. The molecule has 2 aromatic heterocycles. The van der Waals surface area contributed by atoms with E-state index in [9.17, 15) is 4.79 Å². The van der Waals surface area contributed by atoms with Crippen LogP contribution in [-0.2, 0) is 5.75 Å². The van der Waals surface area contributed by atoms with Gasteiger partial charge in [-0.1, -0.05) is 114 Å². The minimum atomic E-state index is -0.439. The molecular weight excluding hydrogens is 516 g/mol. The molecule has 0 unspecified atom stereocenters. The molecular formula is C32H22N6OS. The number of thioether (sulfide) groups is 1. The fourth-order valence-electron chi connectivity index (χ4n) is 4.30. The average Bonchev–Trinajstić information content (AvgIpc) is 3.52. The van der Waals surface area contributed by atoms with Crippen LogP contribution in [0.15, 0.2) is 125 Å². The molecule has 4 aromatic carbocycles. The number of aromatic amines is 1. The molecule has 0 fully saturated rings. The molecule has 0 aliphatic rings. The Bertz CT molecular complexity index is 1860. The number of hydrogen-bond acceptors (Lipinski definition) is 5. The van der Waals surface area contributed by atoms with Crippen molar-refractivity contribution in [2.45, 2.75) is 10.9 Å². The molecule has 0 spiro atoms. The molecule has 0 bridgehead atoms. The van der Waals surface area contributed by atoms with Crippen LogP contribution in [0.4, 0.5) is 5.69 Å². The van der Waals surface area contributed by atoms with Gasteiger partial charge in [0.15, 0.2) is 5.16 Å². The number of hydrogen-bond donors (Lipinski definition) is 1. The quantitative estimate of drug-likeness (QED) is 0.132. The summed E-state index contributed by atoms with van der Waals surface area (Å²) in [6.07, 6.45) is 1.90. The van der Waals surface area contributed by atoms with Crippen molar-refractivity contribution in [2.24, 2.45) is 0 Å². The highest BCUT2D eigenvalue weighted by molar-refractivity contribution is 7.98. The highest BCUT2D eigenvalue weighted by Crippen LogP contribution is 2.30.